The van der Waals surface area contributed by atoms with Crippen LogP contribution in [0.1, 0.15) is 19.3 Å². The van der Waals surface area contributed by atoms with Gasteiger partial charge >= 0.3 is 23.9 Å². The van der Waals surface area contributed by atoms with Gasteiger partial charge in [0, 0.05) is 5.92 Å². The quantitative estimate of drug-likeness (QED) is 0.518. The lowest BCUT2D eigenvalue weighted by Gasteiger charge is -2.38. The first-order chi connectivity index (χ1) is 8.82. The molecule has 1 saturated carbocycles. The summed E-state index contributed by atoms with van der Waals surface area (Å²) >= 11 is 0. The summed E-state index contributed by atoms with van der Waals surface area (Å²) in [7, 11) is 0. The van der Waals surface area contributed by atoms with Crippen LogP contribution in [0.25, 0.3) is 0 Å². The van der Waals surface area contributed by atoms with Crippen molar-refractivity contribution in [3.05, 3.63) is 11.6 Å². The zero-order chi connectivity index (χ0) is 15.6. The standard InChI is InChI=1S/C11H9F9/c12-8(13,7-4-5-1-2-6(7)3-5)9(14,15)10(16,17)11(18,19)20/h1,6-7H,2-4H2. The molecule has 2 aliphatic carbocycles. The molecule has 0 nitrogen and oxygen atoms in total. The number of rotatable bonds is 3. The highest BCUT2D eigenvalue weighted by atomic mass is 19.4. The van der Waals surface area contributed by atoms with Crippen LogP contribution < -0.4 is 0 Å². The number of halogens is 9. The van der Waals surface area contributed by atoms with E-state index in [9.17, 15) is 39.5 Å². The van der Waals surface area contributed by atoms with Crippen molar-refractivity contribution in [1.29, 1.82) is 0 Å². The minimum absolute atomic E-state index is 0.00323. The number of allylic oxidation sites excluding steroid dienone is 2. The molecule has 2 aliphatic rings. The van der Waals surface area contributed by atoms with E-state index in [2.05, 4.69) is 0 Å². The Balaban J connectivity index is 2.35. The second-order valence-corrected chi connectivity index (χ2v) is 5.14. The molecule has 0 aromatic carbocycles. The predicted molar refractivity (Wildman–Crippen MR) is 49.8 cm³/mol. The molecule has 0 aromatic heterocycles. The Bertz CT molecular complexity index is 432. The average molecular weight is 312 g/mol. The van der Waals surface area contributed by atoms with Crippen molar-refractivity contribution in [2.75, 3.05) is 0 Å². The molecule has 0 amide bonds. The van der Waals surface area contributed by atoms with E-state index in [-0.39, 0.29) is 12.8 Å². The molecule has 0 saturated heterocycles. The predicted octanol–water partition coefficient (Wildman–Crippen LogP) is 4.81. The van der Waals surface area contributed by atoms with Crippen molar-refractivity contribution < 1.29 is 39.5 Å². The van der Waals surface area contributed by atoms with E-state index in [4.69, 9.17) is 0 Å². The Labute approximate surface area is 107 Å². The molecular formula is C11H9F9. The molecule has 0 radical (unpaired) electrons. The molecule has 0 heterocycles. The molecule has 1 fully saturated rings. The summed E-state index contributed by atoms with van der Waals surface area (Å²) in [4.78, 5) is 0. The molecular weight excluding hydrogens is 303 g/mol. The number of hydrogen-bond donors (Lipinski definition) is 0. The zero-order valence-corrected chi connectivity index (χ0v) is 9.76. The summed E-state index contributed by atoms with van der Waals surface area (Å²) < 4.78 is 115. The molecule has 0 N–H and O–H groups in total. The molecule has 0 aliphatic heterocycles. The first kappa shape index (κ1) is 15.5. The van der Waals surface area contributed by atoms with E-state index in [0.29, 0.717) is 5.57 Å². The van der Waals surface area contributed by atoms with Gasteiger partial charge in [0.1, 0.15) is 0 Å². The molecule has 9 heteroatoms. The Kier molecular flexibility index (Phi) is 3.15. The lowest BCUT2D eigenvalue weighted by molar-refractivity contribution is -0.404. The van der Waals surface area contributed by atoms with Crippen molar-refractivity contribution in [3.63, 3.8) is 0 Å². The molecule has 0 spiro atoms. The van der Waals surface area contributed by atoms with Gasteiger partial charge in [0.2, 0.25) is 0 Å². The van der Waals surface area contributed by atoms with E-state index in [1.165, 1.54) is 6.08 Å². The lowest BCUT2D eigenvalue weighted by Crippen LogP contribution is -2.63. The third-order valence-electron chi connectivity index (χ3n) is 3.92. The molecule has 2 unspecified atom stereocenters. The first-order valence-electron chi connectivity index (χ1n) is 5.70. The monoisotopic (exact) mass is 312 g/mol. The second-order valence-electron chi connectivity index (χ2n) is 5.14. The van der Waals surface area contributed by atoms with Crippen LogP contribution in [0.3, 0.4) is 0 Å². The van der Waals surface area contributed by atoms with Crippen LogP contribution in [-0.2, 0) is 0 Å². The fourth-order valence-corrected chi connectivity index (χ4v) is 2.79. The first-order valence-corrected chi connectivity index (χ1v) is 5.70. The third-order valence-corrected chi connectivity index (χ3v) is 3.92. The Hall–Kier alpha value is -0.890. The molecule has 116 valence electrons. The van der Waals surface area contributed by atoms with Gasteiger partial charge in [-0.25, -0.2) is 0 Å². The van der Waals surface area contributed by atoms with Gasteiger partial charge in [0.05, 0.1) is 0 Å². The van der Waals surface area contributed by atoms with Gasteiger partial charge in [-0.15, -0.1) is 0 Å². The second kappa shape index (κ2) is 4.07. The summed E-state index contributed by atoms with van der Waals surface area (Å²) in [5.74, 6) is -21.9. The third kappa shape index (κ3) is 1.84. The molecule has 2 atom stereocenters. The highest BCUT2D eigenvalue weighted by molar-refractivity contribution is 5.22. The summed E-state index contributed by atoms with van der Waals surface area (Å²) in [5, 5.41) is 0. The Morgan fingerprint density at radius 3 is 1.70 bits per heavy atom. The SMILES string of the molecule is FC(F)(F)C(F)(F)C(F)(F)C(F)(F)C1CC2=CCC1C2. The molecule has 0 aromatic rings. The van der Waals surface area contributed by atoms with E-state index in [1.807, 2.05) is 0 Å². The summed E-state index contributed by atoms with van der Waals surface area (Å²) in [6.07, 6.45) is -5.73. The summed E-state index contributed by atoms with van der Waals surface area (Å²) in [6.45, 7) is 0. The summed E-state index contributed by atoms with van der Waals surface area (Å²) in [6, 6.07) is 0. The zero-order valence-electron chi connectivity index (χ0n) is 9.76. The van der Waals surface area contributed by atoms with Crippen LogP contribution in [0.4, 0.5) is 39.5 Å². The minimum atomic E-state index is -6.78. The van der Waals surface area contributed by atoms with Gasteiger partial charge in [0.25, 0.3) is 0 Å². The van der Waals surface area contributed by atoms with Gasteiger partial charge in [-0.3, -0.25) is 0 Å². The number of fused-ring (bicyclic) bond motifs is 2. The van der Waals surface area contributed by atoms with Crippen molar-refractivity contribution >= 4 is 0 Å². The van der Waals surface area contributed by atoms with Gasteiger partial charge in [-0.05, 0) is 25.2 Å². The minimum Gasteiger partial charge on any atom is -0.199 e. The normalized spacial score (nSPS) is 27.9. The topological polar surface area (TPSA) is 0 Å². The number of alkyl halides is 9. The van der Waals surface area contributed by atoms with Crippen LogP contribution in [0.15, 0.2) is 11.6 Å². The van der Waals surface area contributed by atoms with Gasteiger partial charge < -0.3 is 0 Å². The average Bonchev–Trinajstić information content (AvgIpc) is 2.88. The van der Waals surface area contributed by atoms with Crippen molar-refractivity contribution in [2.45, 2.75) is 43.2 Å². The van der Waals surface area contributed by atoms with Crippen molar-refractivity contribution in [1.82, 2.24) is 0 Å². The lowest BCUT2D eigenvalue weighted by atomic mass is 9.82. The van der Waals surface area contributed by atoms with Crippen molar-refractivity contribution in [2.24, 2.45) is 11.8 Å². The molecule has 2 bridgehead atoms. The highest BCUT2D eigenvalue weighted by Gasteiger charge is 2.83. The Morgan fingerprint density at radius 2 is 1.35 bits per heavy atom. The maximum Gasteiger partial charge on any atom is 0.460 e. The van der Waals surface area contributed by atoms with Crippen LogP contribution in [0.2, 0.25) is 0 Å². The number of hydrogen-bond acceptors (Lipinski definition) is 0. The van der Waals surface area contributed by atoms with E-state index >= 15 is 0 Å². The maximum absolute atomic E-state index is 13.6. The van der Waals surface area contributed by atoms with E-state index in [1.54, 1.807) is 0 Å². The van der Waals surface area contributed by atoms with E-state index in [0.717, 1.165) is 0 Å². The maximum atomic E-state index is 13.6. The molecule has 2 rings (SSSR count). The van der Waals surface area contributed by atoms with Crippen LogP contribution in [-0.4, -0.2) is 23.9 Å². The van der Waals surface area contributed by atoms with Crippen LogP contribution >= 0.6 is 0 Å². The van der Waals surface area contributed by atoms with Crippen LogP contribution in [0.5, 0.6) is 0 Å². The smallest absolute Gasteiger partial charge is 0.199 e. The van der Waals surface area contributed by atoms with Gasteiger partial charge in [-0.1, -0.05) is 11.6 Å². The largest absolute Gasteiger partial charge is 0.460 e. The van der Waals surface area contributed by atoms with Gasteiger partial charge in [0.15, 0.2) is 0 Å². The van der Waals surface area contributed by atoms with Gasteiger partial charge in [-0.2, -0.15) is 39.5 Å². The summed E-state index contributed by atoms with van der Waals surface area (Å²) in [5.41, 5.74) is 0.408. The fourth-order valence-electron chi connectivity index (χ4n) is 2.79. The van der Waals surface area contributed by atoms with E-state index < -0.39 is 42.2 Å². The highest BCUT2D eigenvalue weighted by Crippen LogP contribution is 2.60. The fraction of sp³-hybridized carbons (Fsp3) is 0.818. The van der Waals surface area contributed by atoms with Crippen molar-refractivity contribution in [3.8, 4) is 0 Å². The Morgan fingerprint density at radius 1 is 0.800 bits per heavy atom. The molecule has 20 heavy (non-hydrogen) atoms. The van der Waals surface area contributed by atoms with Crippen LogP contribution in [0, 0.1) is 11.8 Å².